The van der Waals surface area contributed by atoms with E-state index in [1.165, 1.54) is 0 Å². The molecule has 5 nitrogen and oxygen atoms in total. The van der Waals surface area contributed by atoms with Crippen LogP contribution >= 0.6 is 0 Å². The quantitative estimate of drug-likeness (QED) is 0.304. The van der Waals surface area contributed by atoms with E-state index in [1.54, 1.807) is 0 Å². The van der Waals surface area contributed by atoms with Crippen molar-refractivity contribution in [3.05, 3.63) is 29.3 Å². The van der Waals surface area contributed by atoms with Crippen LogP contribution < -0.4 is 4.74 Å². The van der Waals surface area contributed by atoms with Gasteiger partial charge in [0.05, 0.1) is 5.56 Å². The number of benzene rings is 1. The molecule has 0 fully saturated rings. The van der Waals surface area contributed by atoms with Gasteiger partial charge >= 0.3 is 42.1 Å². The molecule has 0 aromatic heterocycles. The third-order valence-electron chi connectivity index (χ3n) is 3.02. The fourth-order valence-corrected chi connectivity index (χ4v) is 1.49. The third kappa shape index (κ3) is 4.95. The molecule has 1 aromatic carbocycles. The highest BCUT2D eigenvalue weighted by atomic mass is 19.4. The molecule has 0 saturated carbocycles. The number of carbonyl (C=O) groups is 3. The van der Waals surface area contributed by atoms with E-state index in [2.05, 4.69) is 9.47 Å². The zero-order valence-corrected chi connectivity index (χ0v) is 13.6. The Labute approximate surface area is 153 Å². The lowest BCUT2D eigenvalue weighted by Crippen LogP contribution is -2.46. The van der Waals surface area contributed by atoms with Crippen molar-refractivity contribution >= 4 is 17.9 Å². The second-order valence-corrected chi connectivity index (χ2v) is 5.19. The number of aryl methyl sites for hydroxylation is 1. The van der Waals surface area contributed by atoms with Crippen molar-refractivity contribution in [2.45, 2.75) is 31.1 Å². The Kier molecular flexibility index (Phi) is 6.26. The minimum absolute atomic E-state index is 0.447. The fourth-order valence-electron chi connectivity index (χ4n) is 1.49. The zero-order chi connectivity index (χ0) is 23.0. The lowest BCUT2D eigenvalue weighted by Gasteiger charge is -2.18. The molecule has 0 radical (unpaired) electrons. The summed E-state index contributed by atoms with van der Waals surface area (Å²) >= 11 is 0. The van der Waals surface area contributed by atoms with Gasteiger partial charge in [-0.15, -0.1) is 0 Å². The van der Waals surface area contributed by atoms with Gasteiger partial charge in [-0.25, -0.2) is 14.4 Å². The van der Waals surface area contributed by atoms with Gasteiger partial charge in [-0.05, 0) is 30.7 Å². The Morgan fingerprint density at radius 2 is 1.21 bits per heavy atom. The molecule has 1 rings (SSSR count). The molecule has 0 aliphatic heterocycles. The van der Waals surface area contributed by atoms with E-state index >= 15 is 0 Å². The number of hydrogen-bond acceptors (Lipinski definition) is 5. The zero-order valence-electron chi connectivity index (χ0n) is 13.6. The molecule has 0 aliphatic carbocycles. The summed E-state index contributed by atoms with van der Waals surface area (Å²) in [6, 6.07) is 1.40. The number of halogens is 10. The standard InChI is InChI=1S/C14H6F10O5/c1-5-4-6(8(25)29-10(27)12(17,18)14(22,23)24)2-3-7(5)28-9(26)11(15,16)13(19,20)21/h2-4H,1H3. The highest BCUT2D eigenvalue weighted by Crippen LogP contribution is 2.38. The van der Waals surface area contributed by atoms with Crippen LogP contribution in [0.3, 0.4) is 0 Å². The van der Waals surface area contributed by atoms with Crippen LogP contribution in [0.5, 0.6) is 5.75 Å². The topological polar surface area (TPSA) is 69.7 Å². The minimum atomic E-state index is -6.36. The Morgan fingerprint density at radius 3 is 1.62 bits per heavy atom. The first-order chi connectivity index (χ1) is 12.8. The van der Waals surface area contributed by atoms with Crippen molar-refractivity contribution < 1.29 is 67.8 Å². The maximum absolute atomic E-state index is 12.8. The molecule has 29 heavy (non-hydrogen) atoms. The van der Waals surface area contributed by atoms with E-state index < -0.39 is 59.0 Å². The van der Waals surface area contributed by atoms with Gasteiger partial charge in [0, 0.05) is 0 Å². The van der Waals surface area contributed by atoms with Crippen LogP contribution in [-0.2, 0) is 14.3 Å². The summed E-state index contributed by atoms with van der Waals surface area (Å²) in [7, 11) is 0. The molecular formula is C14H6F10O5. The van der Waals surface area contributed by atoms with Gasteiger partial charge in [0.2, 0.25) is 0 Å². The first-order valence-electron chi connectivity index (χ1n) is 6.81. The van der Waals surface area contributed by atoms with Crippen LogP contribution in [0.25, 0.3) is 0 Å². The predicted octanol–water partition coefficient (Wildman–Crippen LogP) is 3.98. The van der Waals surface area contributed by atoms with Gasteiger partial charge in [-0.3, -0.25) is 0 Å². The van der Waals surface area contributed by atoms with Crippen LogP contribution in [0, 0.1) is 6.92 Å². The molecule has 1 aromatic rings. The average molecular weight is 444 g/mol. The van der Waals surface area contributed by atoms with E-state index in [-0.39, 0.29) is 0 Å². The Hall–Kier alpha value is -2.87. The van der Waals surface area contributed by atoms with Gasteiger partial charge < -0.3 is 9.47 Å². The fraction of sp³-hybridized carbons (Fsp3) is 0.357. The molecule has 0 heterocycles. The monoisotopic (exact) mass is 444 g/mol. The summed E-state index contributed by atoms with van der Waals surface area (Å²) in [5.41, 5.74) is -1.38. The molecule has 0 N–H and O–H groups in total. The number of alkyl halides is 10. The molecule has 162 valence electrons. The van der Waals surface area contributed by atoms with Crippen molar-refractivity contribution in [2.24, 2.45) is 0 Å². The number of hydrogen-bond donors (Lipinski definition) is 0. The SMILES string of the molecule is Cc1cc(C(=O)OC(=O)C(F)(F)C(F)(F)F)ccc1OC(=O)C(F)(F)C(F)(F)F. The Morgan fingerprint density at radius 1 is 0.759 bits per heavy atom. The van der Waals surface area contributed by atoms with Crippen LogP contribution in [0.1, 0.15) is 15.9 Å². The van der Waals surface area contributed by atoms with Gasteiger partial charge in [-0.2, -0.15) is 43.9 Å². The highest BCUT2D eigenvalue weighted by molar-refractivity contribution is 5.99. The van der Waals surface area contributed by atoms with Crippen molar-refractivity contribution in [1.82, 2.24) is 0 Å². The smallest absolute Gasteiger partial charge is 0.422 e. The summed E-state index contributed by atoms with van der Waals surface area (Å²) in [6.07, 6.45) is -12.6. The first-order valence-corrected chi connectivity index (χ1v) is 6.81. The second kappa shape index (κ2) is 7.51. The van der Waals surface area contributed by atoms with Crippen molar-refractivity contribution in [3.63, 3.8) is 0 Å². The number of esters is 3. The van der Waals surface area contributed by atoms with Crippen LogP contribution in [0.2, 0.25) is 0 Å². The largest absolute Gasteiger partial charge is 0.465 e. The minimum Gasteiger partial charge on any atom is -0.422 e. The van der Waals surface area contributed by atoms with Crippen LogP contribution in [0.15, 0.2) is 18.2 Å². The summed E-state index contributed by atoms with van der Waals surface area (Å²) in [5, 5.41) is 0. The summed E-state index contributed by atoms with van der Waals surface area (Å²) in [5.74, 6) is -21.1. The van der Waals surface area contributed by atoms with E-state index in [9.17, 15) is 58.3 Å². The Bertz CT molecular complexity index is 825. The van der Waals surface area contributed by atoms with E-state index in [0.717, 1.165) is 6.92 Å². The van der Waals surface area contributed by atoms with Crippen molar-refractivity contribution in [1.29, 1.82) is 0 Å². The molecule has 0 unspecified atom stereocenters. The molecular weight excluding hydrogens is 438 g/mol. The molecule has 0 spiro atoms. The van der Waals surface area contributed by atoms with E-state index in [4.69, 9.17) is 0 Å². The van der Waals surface area contributed by atoms with Crippen LogP contribution in [0.4, 0.5) is 43.9 Å². The summed E-state index contributed by atoms with van der Waals surface area (Å²) in [4.78, 5) is 33.3. The maximum atomic E-state index is 12.8. The predicted molar refractivity (Wildman–Crippen MR) is 69.2 cm³/mol. The molecule has 0 aliphatic rings. The highest BCUT2D eigenvalue weighted by Gasteiger charge is 2.66. The molecule has 0 amide bonds. The third-order valence-corrected chi connectivity index (χ3v) is 3.02. The summed E-state index contributed by atoms with van der Waals surface area (Å²) in [6.45, 7) is 0.886. The lowest BCUT2D eigenvalue weighted by atomic mass is 10.1. The van der Waals surface area contributed by atoms with E-state index in [0.29, 0.717) is 18.2 Å². The number of carbonyl (C=O) groups excluding carboxylic acids is 3. The normalized spacial score (nSPS) is 13.1. The number of rotatable bonds is 4. The van der Waals surface area contributed by atoms with E-state index in [1.807, 2.05) is 0 Å². The number of ether oxygens (including phenoxy) is 2. The Balaban J connectivity index is 3.00. The second-order valence-electron chi connectivity index (χ2n) is 5.19. The van der Waals surface area contributed by atoms with Gasteiger partial charge in [0.25, 0.3) is 0 Å². The van der Waals surface area contributed by atoms with Crippen molar-refractivity contribution in [3.8, 4) is 5.75 Å². The maximum Gasteiger partial charge on any atom is 0.465 e. The van der Waals surface area contributed by atoms with Crippen molar-refractivity contribution in [2.75, 3.05) is 0 Å². The van der Waals surface area contributed by atoms with Gasteiger partial charge in [0.1, 0.15) is 5.75 Å². The van der Waals surface area contributed by atoms with Crippen LogP contribution in [-0.4, -0.2) is 42.1 Å². The first kappa shape index (κ1) is 24.2. The average Bonchev–Trinajstić information content (AvgIpc) is 2.54. The van der Waals surface area contributed by atoms with Gasteiger partial charge in [0.15, 0.2) is 0 Å². The lowest BCUT2D eigenvalue weighted by molar-refractivity contribution is -0.277. The molecule has 0 atom stereocenters. The molecule has 0 saturated heterocycles. The molecule has 0 bridgehead atoms. The van der Waals surface area contributed by atoms with Gasteiger partial charge in [-0.1, -0.05) is 0 Å². The molecule has 15 heteroatoms. The summed E-state index contributed by atoms with van der Waals surface area (Å²) < 4.78 is 131.